The van der Waals surface area contributed by atoms with E-state index in [9.17, 15) is 4.79 Å². The molecule has 0 aliphatic carbocycles. The van der Waals surface area contributed by atoms with E-state index in [4.69, 9.17) is 17.0 Å². The van der Waals surface area contributed by atoms with Gasteiger partial charge in [0.15, 0.2) is 6.04 Å². The monoisotopic (exact) mass is 366 g/mol. The number of aliphatic imine (C=N–C) groups is 2. The Morgan fingerprint density at radius 1 is 1.57 bits per heavy atom. The van der Waals surface area contributed by atoms with Crippen LogP contribution < -0.4 is 0 Å². The number of nitrogens with zero attached hydrogens (tertiary/aromatic N) is 2. The van der Waals surface area contributed by atoms with E-state index >= 15 is 0 Å². The van der Waals surface area contributed by atoms with Gasteiger partial charge in [-0.1, -0.05) is 28.1 Å². The van der Waals surface area contributed by atoms with Crippen molar-refractivity contribution in [1.29, 1.82) is 0 Å². The fourth-order valence-electron chi connectivity index (χ4n) is 2.38. The van der Waals surface area contributed by atoms with Crippen molar-refractivity contribution in [2.75, 3.05) is 6.61 Å². The van der Waals surface area contributed by atoms with Crippen LogP contribution in [0.5, 0.6) is 0 Å². The van der Waals surface area contributed by atoms with Gasteiger partial charge in [-0.2, -0.15) is 0 Å². The van der Waals surface area contributed by atoms with Gasteiger partial charge < -0.3 is 4.74 Å². The van der Waals surface area contributed by atoms with E-state index < -0.39 is 11.6 Å². The average molecular weight is 367 g/mol. The lowest BCUT2D eigenvalue weighted by Gasteiger charge is -2.20. The topological polar surface area (TPSA) is 51.0 Å². The molecule has 0 bridgehead atoms. The van der Waals surface area contributed by atoms with Gasteiger partial charge in [0, 0.05) is 10.9 Å². The lowest BCUT2D eigenvalue weighted by atomic mass is 9.89. The minimum absolute atomic E-state index is 0.324. The van der Waals surface area contributed by atoms with Gasteiger partial charge >= 0.3 is 5.97 Å². The van der Waals surface area contributed by atoms with Gasteiger partial charge in [-0.3, -0.25) is 4.99 Å². The summed E-state index contributed by atoms with van der Waals surface area (Å²) in [6.07, 6.45) is 0.445. The number of esters is 1. The molecule has 0 fully saturated rings. The second kappa shape index (κ2) is 6.60. The van der Waals surface area contributed by atoms with Gasteiger partial charge in [0.05, 0.1) is 17.5 Å². The lowest BCUT2D eigenvalue weighted by Crippen LogP contribution is -2.32. The number of rotatable bonds is 4. The normalized spacial score (nSPS) is 24.1. The van der Waals surface area contributed by atoms with E-state index in [-0.39, 0.29) is 5.97 Å². The molecule has 0 N–H and O–H groups in total. The highest BCUT2D eigenvalue weighted by Crippen LogP contribution is 2.32. The van der Waals surface area contributed by atoms with E-state index in [2.05, 4.69) is 31.1 Å². The maximum atomic E-state index is 11.9. The van der Waals surface area contributed by atoms with Gasteiger partial charge in [-0.15, -0.1) is 0 Å². The van der Waals surface area contributed by atoms with Gasteiger partial charge in [0.25, 0.3) is 0 Å². The minimum Gasteiger partial charge on any atom is -0.464 e. The molecule has 0 amide bonds. The fourth-order valence-corrected chi connectivity index (χ4v) is 2.85. The van der Waals surface area contributed by atoms with Gasteiger partial charge in [-0.05, 0) is 43.8 Å². The molecule has 4 nitrogen and oxygen atoms in total. The predicted molar refractivity (Wildman–Crippen MR) is 89.1 cm³/mol. The highest BCUT2D eigenvalue weighted by atomic mass is 79.9. The molecule has 110 valence electrons. The highest BCUT2D eigenvalue weighted by molar-refractivity contribution is 9.10. The van der Waals surface area contributed by atoms with Crippen molar-refractivity contribution in [3.05, 3.63) is 34.3 Å². The van der Waals surface area contributed by atoms with Crippen LogP contribution in [-0.4, -0.2) is 35.0 Å². The summed E-state index contributed by atoms with van der Waals surface area (Å²) < 4.78 is 6.04. The number of isothiocyanates is 1. The van der Waals surface area contributed by atoms with Crippen molar-refractivity contribution < 1.29 is 9.53 Å². The summed E-state index contributed by atoms with van der Waals surface area (Å²) >= 11 is 8.15. The Balaban J connectivity index is 2.41. The molecule has 0 saturated heterocycles. The fraction of sp³-hybridized carbons (Fsp3) is 0.400. The summed E-state index contributed by atoms with van der Waals surface area (Å²) in [5.41, 5.74) is 1.01. The molecule has 1 heterocycles. The number of thiocarbonyl (C=S) groups is 1. The standard InChI is InChI=1S/C15H15BrN2O2S/c1-3-20-14(19)12-8-15(2,17-9-21)13(18-12)10-4-6-11(16)7-5-10/h4-7,12H,3,8H2,1-2H3/t12-,15-/m0/s1. The summed E-state index contributed by atoms with van der Waals surface area (Å²) in [4.78, 5) is 20.7. The van der Waals surface area contributed by atoms with Crippen molar-refractivity contribution in [3.63, 3.8) is 0 Å². The summed E-state index contributed by atoms with van der Waals surface area (Å²) in [7, 11) is 0. The number of benzene rings is 1. The van der Waals surface area contributed by atoms with E-state index in [1.807, 2.05) is 31.2 Å². The number of carbonyl (C=O) groups excluding carboxylic acids is 1. The Morgan fingerprint density at radius 3 is 2.81 bits per heavy atom. The molecule has 2 atom stereocenters. The van der Waals surface area contributed by atoms with Crippen LogP contribution in [0.2, 0.25) is 0 Å². The first kappa shape index (κ1) is 16.0. The van der Waals surface area contributed by atoms with Gasteiger partial charge in [0.1, 0.15) is 5.54 Å². The number of ether oxygens (including phenoxy) is 1. The number of halogens is 1. The molecule has 0 saturated carbocycles. The third-order valence-corrected chi connectivity index (χ3v) is 3.97. The smallest absolute Gasteiger partial charge is 0.330 e. The van der Waals surface area contributed by atoms with Gasteiger partial charge in [-0.25, -0.2) is 9.79 Å². The van der Waals surface area contributed by atoms with E-state index in [1.165, 1.54) is 0 Å². The van der Waals surface area contributed by atoms with Crippen molar-refractivity contribution in [2.24, 2.45) is 9.98 Å². The van der Waals surface area contributed by atoms with Crippen LogP contribution in [0.15, 0.2) is 38.7 Å². The Hall–Kier alpha value is -1.36. The molecule has 0 aromatic heterocycles. The zero-order chi connectivity index (χ0) is 15.5. The molecule has 6 heteroatoms. The molecule has 0 spiro atoms. The predicted octanol–water partition coefficient (Wildman–Crippen LogP) is 3.44. The Morgan fingerprint density at radius 2 is 2.24 bits per heavy atom. The van der Waals surface area contributed by atoms with E-state index in [0.717, 1.165) is 15.7 Å². The van der Waals surface area contributed by atoms with Crippen LogP contribution >= 0.6 is 28.1 Å². The van der Waals surface area contributed by atoms with Crippen LogP contribution in [0.25, 0.3) is 0 Å². The molecular weight excluding hydrogens is 352 g/mol. The van der Waals surface area contributed by atoms with Crippen molar-refractivity contribution >= 4 is 45.0 Å². The van der Waals surface area contributed by atoms with Crippen LogP contribution in [-0.2, 0) is 9.53 Å². The minimum atomic E-state index is -0.646. The number of hydrogen-bond acceptors (Lipinski definition) is 5. The average Bonchev–Trinajstić information content (AvgIpc) is 2.78. The molecule has 2 rings (SSSR count). The molecule has 0 unspecified atom stereocenters. The second-order valence-electron chi connectivity index (χ2n) is 4.93. The molecule has 1 aliphatic rings. The Bertz CT molecular complexity index is 623. The first-order chi connectivity index (χ1) is 10.00. The second-order valence-corrected chi connectivity index (χ2v) is 6.03. The van der Waals surface area contributed by atoms with E-state index in [1.54, 1.807) is 6.92 Å². The first-order valence-electron chi connectivity index (χ1n) is 6.60. The molecule has 1 aromatic carbocycles. The Kier molecular flexibility index (Phi) is 5.04. The molecule has 21 heavy (non-hydrogen) atoms. The molecule has 1 aromatic rings. The third kappa shape index (κ3) is 3.46. The van der Waals surface area contributed by atoms with Crippen molar-refractivity contribution in [1.82, 2.24) is 0 Å². The maximum absolute atomic E-state index is 11.9. The molecule has 1 aliphatic heterocycles. The highest BCUT2D eigenvalue weighted by Gasteiger charge is 2.43. The summed E-state index contributed by atoms with van der Waals surface area (Å²) in [5, 5.41) is 2.42. The van der Waals surface area contributed by atoms with Gasteiger partial charge in [0.2, 0.25) is 0 Å². The number of hydrogen-bond donors (Lipinski definition) is 0. The quantitative estimate of drug-likeness (QED) is 0.465. The SMILES string of the molecule is CCOC(=O)[C@@H]1C[C@](C)(N=C=S)C(c2ccc(Br)cc2)=N1. The third-order valence-electron chi connectivity index (χ3n) is 3.35. The summed E-state index contributed by atoms with van der Waals surface area (Å²) in [6, 6.07) is 7.19. The largest absolute Gasteiger partial charge is 0.464 e. The van der Waals surface area contributed by atoms with E-state index in [0.29, 0.717) is 13.0 Å². The summed E-state index contributed by atoms with van der Waals surface area (Å²) in [5.74, 6) is -0.324. The molecule has 0 radical (unpaired) electrons. The van der Waals surface area contributed by atoms with Crippen LogP contribution in [0.1, 0.15) is 25.8 Å². The zero-order valence-electron chi connectivity index (χ0n) is 11.8. The lowest BCUT2D eigenvalue weighted by molar-refractivity contribution is -0.144. The maximum Gasteiger partial charge on any atom is 0.330 e. The molecular formula is C15H15BrN2O2S. The van der Waals surface area contributed by atoms with Crippen molar-refractivity contribution in [3.8, 4) is 0 Å². The summed E-state index contributed by atoms with van der Waals surface area (Å²) in [6.45, 7) is 4.03. The zero-order valence-corrected chi connectivity index (χ0v) is 14.2. The first-order valence-corrected chi connectivity index (χ1v) is 7.80. The Labute approximate surface area is 137 Å². The van der Waals surface area contributed by atoms with Crippen LogP contribution in [0, 0.1) is 0 Å². The van der Waals surface area contributed by atoms with Crippen molar-refractivity contribution in [2.45, 2.75) is 31.8 Å². The van der Waals surface area contributed by atoms with Crippen LogP contribution in [0.4, 0.5) is 0 Å². The number of carbonyl (C=O) groups is 1. The van der Waals surface area contributed by atoms with Crippen LogP contribution in [0.3, 0.4) is 0 Å².